The predicted octanol–water partition coefficient (Wildman–Crippen LogP) is 1.05. The number of nitro groups is 1. The van der Waals surface area contributed by atoms with Gasteiger partial charge in [-0.1, -0.05) is 0 Å². The van der Waals surface area contributed by atoms with Gasteiger partial charge in [0.2, 0.25) is 5.75 Å². The maximum atomic E-state index is 12.7. The van der Waals surface area contributed by atoms with Gasteiger partial charge in [-0.05, 0) is 32.9 Å². The molecule has 2 heterocycles. The van der Waals surface area contributed by atoms with Crippen molar-refractivity contribution in [1.29, 1.82) is 0 Å². The molecule has 0 aliphatic heterocycles. The van der Waals surface area contributed by atoms with Crippen molar-refractivity contribution in [2.75, 3.05) is 13.7 Å². The molecule has 3 rings (SSSR count). The second kappa shape index (κ2) is 9.67. The van der Waals surface area contributed by atoms with Crippen LogP contribution in [0.15, 0.2) is 28.1 Å². The van der Waals surface area contributed by atoms with Gasteiger partial charge >= 0.3 is 5.69 Å². The van der Waals surface area contributed by atoms with E-state index in [1.54, 1.807) is 13.8 Å². The number of rotatable bonds is 8. The summed E-state index contributed by atoms with van der Waals surface area (Å²) in [5.41, 5.74) is 2.51. The molecule has 2 N–H and O–H groups in total. The summed E-state index contributed by atoms with van der Waals surface area (Å²) in [4.78, 5) is 37.8. The zero-order valence-electron chi connectivity index (χ0n) is 18.1. The lowest BCUT2D eigenvalue weighted by atomic mass is 10.2. The number of hydrogen-bond donors (Lipinski definition) is 2. The number of aromatic amines is 1. The minimum Gasteiger partial charge on any atom is -0.490 e. The van der Waals surface area contributed by atoms with E-state index in [9.17, 15) is 19.7 Å². The number of aryl methyl sites for hydroxylation is 2. The first kappa shape index (κ1) is 23.1. The first-order chi connectivity index (χ1) is 15.7. The monoisotopic (exact) mass is 456 g/mol. The molecule has 1 aromatic carbocycles. The predicted molar refractivity (Wildman–Crippen MR) is 115 cm³/mol. The van der Waals surface area contributed by atoms with E-state index in [-0.39, 0.29) is 41.1 Å². The van der Waals surface area contributed by atoms with Crippen molar-refractivity contribution in [2.45, 2.75) is 20.8 Å². The second-order valence-electron chi connectivity index (χ2n) is 6.61. The van der Waals surface area contributed by atoms with E-state index in [1.165, 1.54) is 38.4 Å². The summed E-state index contributed by atoms with van der Waals surface area (Å²) in [5, 5.41) is 27.0. The molecule has 0 saturated carbocycles. The van der Waals surface area contributed by atoms with Crippen LogP contribution in [0, 0.1) is 24.0 Å². The number of H-pyrrole nitrogens is 1. The van der Waals surface area contributed by atoms with Gasteiger partial charge < -0.3 is 9.47 Å². The highest BCUT2D eigenvalue weighted by atomic mass is 16.6. The number of nitrogens with zero attached hydrogens (tertiary/aromatic N) is 6. The minimum absolute atomic E-state index is 0.0180. The Morgan fingerprint density at radius 3 is 2.73 bits per heavy atom. The third kappa shape index (κ3) is 5.00. The maximum absolute atomic E-state index is 12.7. The normalized spacial score (nSPS) is 10.9. The molecular formula is C19H20N8O6. The van der Waals surface area contributed by atoms with Gasteiger partial charge in [0.1, 0.15) is 11.4 Å². The summed E-state index contributed by atoms with van der Waals surface area (Å²) in [5.74, 6) is -0.559. The van der Waals surface area contributed by atoms with Gasteiger partial charge in [-0.25, -0.2) is 5.43 Å². The van der Waals surface area contributed by atoms with Gasteiger partial charge in [0.15, 0.2) is 5.75 Å². The van der Waals surface area contributed by atoms with E-state index in [0.717, 1.165) is 4.68 Å². The molecule has 3 aromatic rings. The summed E-state index contributed by atoms with van der Waals surface area (Å²) < 4.78 is 11.6. The van der Waals surface area contributed by atoms with E-state index in [1.807, 2.05) is 0 Å². The second-order valence-corrected chi connectivity index (χ2v) is 6.61. The molecule has 0 spiro atoms. The average molecular weight is 456 g/mol. The Hall–Kier alpha value is -4.62. The van der Waals surface area contributed by atoms with Crippen molar-refractivity contribution >= 4 is 17.8 Å². The highest BCUT2D eigenvalue weighted by molar-refractivity contribution is 5.94. The number of hydrogen-bond acceptors (Lipinski definition) is 10. The molecule has 33 heavy (non-hydrogen) atoms. The Balaban J connectivity index is 1.87. The van der Waals surface area contributed by atoms with Crippen LogP contribution in [0.3, 0.4) is 0 Å². The Labute approximate surface area is 186 Å². The third-order valence-electron chi connectivity index (χ3n) is 4.25. The molecule has 0 aliphatic carbocycles. The Kier molecular flexibility index (Phi) is 6.76. The highest BCUT2D eigenvalue weighted by Gasteiger charge is 2.22. The van der Waals surface area contributed by atoms with Crippen molar-refractivity contribution in [3.8, 4) is 17.4 Å². The molecule has 1 amide bonds. The Bertz CT molecular complexity index is 1300. The van der Waals surface area contributed by atoms with E-state index in [2.05, 4.69) is 30.8 Å². The quantitative estimate of drug-likeness (QED) is 0.284. The molecule has 172 valence electrons. The highest BCUT2D eigenvalue weighted by Crippen LogP contribution is 2.37. The molecule has 2 aromatic heterocycles. The number of amides is 1. The number of nitro benzene ring substituents is 1. The van der Waals surface area contributed by atoms with Crippen molar-refractivity contribution in [1.82, 2.24) is 30.4 Å². The van der Waals surface area contributed by atoms with Crippen LogP contribution in [0.1, 0.15) is 34.4 Å². The SMILES string of the molecule is CCOc1cc(/C=N\NC(=O)c2cc(C)nn2-c2nnc(C)c(=O)[nH]2)cc([N+](=O)[O-])c1OC. The van der Waals surface area contributed by atoms with Gasteiger partial charge in [-0.15, -0.1) is 10.2 Å². The first-order valence-electron chi connectivity index (χ1n) is 9.58. The van der Waals surface area contributed by atoms with Crippen molar-refractivity contribution in [3.63, 3.8) is 0 Å². The fourth-order valence-corrected chi connectivity index (χ4v) is 2.81. The van der Waals surface area contributed by atoms with Crippen LogP contribution in [-0.2, 0) is 0 Å². The molecule has 0 fully saturated rings. The number of carbonyl (C=O) groups excluding carboxylic acids is 1. The van der Waals surface area contributed by atoms with Crippen LogP contribution in [0.25, 0.3) is 5.95 Å². The van der Waals surface area contributed by atoms with Crippen LogP contribution in [-0.4, -0.2) is 55.7 Å². The topological polar surface area (TPSA) is 180 Å². The van der Waals surface area contributed by atoms with Gasteiger partial charge in [0.05, 0.1) is 30.5 Å². The van der Waals surface area contributed by atoms with Crippen LogP contribution in [0.2, 0.25) is 0 Å². The van der Waals surface area contributed by atoms with Gasteiger partial charge in [-0.2, -0.15) is 14.9 Å². The number of aromatic nitrogens is 5. The fraction of sp³-hybridized carbons (Fsp3) is 0.263. The molecule has 14 heteroatoms. The zero-order chi connectivity index (χ0) is 24.1. The van der Waals surface area contributed by atoms with Crippen LogP contribution in [0.4, 0.5) is 5.69 Å². The third-order valence-corrected chi connectivity index (χ3v) is 4.25. The fourth-order valence-electron chi connectivity index (χ4n) is 2.81. The first-order valence-corrected chi connectivity index (χ1v) is 9.58. The van der Waals surface area contributed by atoms with Crippen molar-refractivity contribution < 1.29 is 19.2 Å². The van der Waals surface area contributed by atoms with Gasteiger partial charge in [-0.3, -0.25) is 24.7 Å². The summed E-state index contributed by atoms with van der Waals surface area (Å²) in [7, 11) is 1.30. The molecule has 14 nitrogen and oxygen atoms in total. The smallest absolute Gasteiger partial charge is 0.315 e. The molecule has 0 bridgehead atoms. The molecule has 0 saturated heterocycles. The lowest BCUT2D eigenvalue weighted by molar-refractivity contribution is -0.385. The number of carbonyl (C=O) groups is 1. The molecule has 0 aliphatic rings. The summed E-state index contributed by atoms with van der Waals surface area (Å²) >= 11 is 0. The summed E-state index contributed by atoms with van der Waals surface area (Å²) in [6, 6.07) is 4.19. The standard InChI is InChI=1S/C19H20N8O6/c1-5-33-15-8-12(7-13(27(30)31)16(15)32-4)9-20-23-18(29)14-6-10(2)25-26(14)19-21-17(28)11(3)22-24-19/h6-9H,5H2,1-4H3,(H,23,29)(H,21,24,28)/b20-9-. The van der Waals surface area contributed by atoms with Crippen molar-refractivity contribution in [2.24, 2.45) is 5.10 Å². The molecule has 0 radical (unpaired) electrons. The average Bonchev–Trinajstić information content (AvgIpc) is 3.17. The molecule has 0 atom stereocenters. The largest absolute Gasteiger partial charge is 0.490 e. The van der Waals surface area contributed by atoms with E-state index < -0.39 is 16.4 Å². The lowest BCUT2D eigenvalue weighted by Gasteiger charge is -2.10. The number of benzene rings is 1. The van der Waals surface area contributed by atoms with Crippen LogP contribution < -0.4 is 20.5 Å². The number of ether oxygens (including phenoxy) is 2. The number of hydrazone groups is 1. The van der Waals surface area contributed by atoms with E-state index in [4.69, 9.17) is 9.47 Å². The maximum Gasteiger partial charge on any atom is 0.315 e. The molecular weight excluding hydrogens is 436 g/mol. The number of nitrogens with one attached hydrogen (secondary N) is 2. The minimum atomic E-state index is -0.664. The van der Waals surface area contributed by atoms with Gasteiger partial charge in [0, 0.05) is 11.6 Å². The summed E-state index contributed by atoms with van der Waals surface area (Å²) in [6.45, 7) is 5.13. The Morgan fingerprint density at radius 1 is 1.33 bits per heavy atom. The van der Waals surface area contributed by atoms with Gasteiger partial charge in [0.25, 0.3) is 17.4 Å². The van der Waals surface area contributed by atoms with E-state index in [0.29, 0.717) is 11.3 Å². The van der Waals surface area contributed by atoms with Crippen molar-refractivity contribution in [3.05, 3.63) is 61.3 Å². The zero-order valence-corrected chi connectivity index (χ0v) is 18.1. The lowest BCUT2D eigenvalue weighted by Crippen LogP contribution is -2.24. The molecule has 0 unspecified atom stereocenters. The van der Waals surface area contributed by atoms with Crippen LogP contribution >= 0.6 is 0 Å². The van der Waals surface area contributed by atoms with Crippen LogP contribution in [0.5, 0.6) is 11.5 Å². The number of methoxy groups -OCH3 is 1. The summed E-state index contributed by atoms with van der Waals surface area (Å²) in [6.07, 6.45) is 1.22. The Morgan fingerprint density at radius 2 is 2.09 bits per heavy atom. The van der Waals surface area contributed by atoms with E-state index >= 15 is 0 Å².